The highest BCUT2D eigenvalue weighted by Crippen LogP contribution is 2.28. The third-order valence-corrected chi connectivity index (χ3v) is 3.53. The fraction of sp³-hybridized carbons (Fsp3) is 0.571. The van der Waals surface area contributed by atoms with Gasteiger partial charge >= 0.3 is 0 Å². The molecule has 2 nitrogen and oxygen atoms in total. The van der Waals surface area contributed by atoms with Gasteiger partial charge in [0.25, 0.3) is 0 Å². The number of hydrogen-bond donors (Lipinski definition) is 1. The second kappa shape index (κ2) is 5.46. The second-order valence-corrected chi connectivity index (χ2v) is 4.98. The van der Waals surface area contributed by atoms with Crippen molar-refractivity contribution in [1.82, 2.24) is 10.2 Å². The zero-order valence-electron chi connectivity index (χ0n) is 10.3. The highest BCUT2D eigenvalue weighted by molar-refractivity contribution is 5.19. The maximum atomic E-state index is 3.45. The van der Waals surface area contributed by atoms with Crippen LogP contribution in [0.25, 0.3) is 0 Å². The summed E-state index contributed by atoms with van der Waals surface area (Å²) in [6.45, 7) is 2.39. The van der Waals surface area contributed by atoms with Crippen molar-refractivity contribution in [1.29, 1.82) is 0 Å². The normalized spacial score (nSPS) is 22.6. The van der Waals surface area contributed by atoms with Gasteiger partial charge in [-0.05, 0) is 51.5 Å². The molecular weight excluding hydrogens is 196 g/mol. The third kappa shape index (κ3) is 2.83. The molecule has 0 amide bonds. The average molecular weight is 218 g/mol. The molecule has 1 fully saturated rings. The van der Waals surface area contributed by atoms with Gasteiger partial charge < -0.3 is 10.2 Å². The lowest BCUT2D eigenvalue weighted by atomic mass is 9.93. The van der Waals surface area contributed by atoms with Crippen LogP contribution in [0, 0.1) is 5.92 Å². The van der Waals surface area contributed by atoms with Gasteiger partial charge in [-0.3, -0.25) is 0 Å². The topological polar surface area (TPSA) is 15.3 Å². The molecule has 0 radical (unpaired) electrons. The Morgan fingerprint density at radius 2 is 2.06 bits per heavy atom. The highest BCUT2D eigenvalue weighted by Gasteiger charge is 2.22. The SMILES string of the molecule is CN(C)C(CC1CCNC1)c1ccccc1. The van der Waals surface area contributed by atoms with Crippen molar-refractivity contribution in [2.75, 3.05) is 27.2 Å². The molecule has 1 aliphatic heterocycles. The van der Waals surface area contributed by atoms with Crippen LogP contribution in [0.5, 0.6) is 0 Å². The number of nitrogens with one attached hydrogen (secondary N) is 1. The molecule has 88 valence electrons. The maximum Gasteiger partial charge on any atom is 0.0345 e. The molecule has 1 heterocycles. The fourth-order valence-electron chi connectivity index (χ4n) is 2.55. The van der Waals surface area contributed by atoms with Gasteiger partial charge in [-0.2, -0.15) is 0 Å². The average Bonchev–Trinajstić information content (AvgIpc) is 2.79. The van der Waals surface area contributed by atoms with E-state index in [1.54, 1.807) is 0 Å². The Balaban J connectivity index is 2.05. The molecule has 1 saturated heterocycles. The summed E-state index contributed by atoms with van der Waals surface area (Å²) in [6, 6.07) is 11.4. The molecule has 2 rings (SSSR count). The molecule has 2 heteroatoms. The van der Waals surface area contributed by atoms with Crippen LogP contribution in [0.4, 0.5) is 0 Å². The minimum absolute atomic E-state index is 0.561. The molecule has 0 spiro atoms. The number of rotatable bonds is 4. The zero-order chi connectivity index (χ0) is 11.4. The quantitative estimate of drug-likeness (QED) is 0.834. The largest absolute Gasteiger partial charge is 0.316 e. The molecule has 0 bridgehead atoms. The molecule has 1 aromatic rings. The van der Waals surface area contributed by atoms with Gasteiger partial charge in [-0.25, -0.2) is 0 Å². The number of nitrogens with zero attached hydrogens (tertiary/aromatic N) is 1. The molecule has 1 aromatic carbocycles. The van der Waals surface area contributed by atoms with E-state index in [0.717, 1.165) is 5.92 Å². The summed E-state index contributed by atoms with van der Waals surface area (Å²) in [6.07, 6.45) is 2.60. The van der Waals surface area contributed by atoms with Crippen LogP contribution in [0.2, 0.25) is 0 Å². The second-order valence-electron chi connectivity index (χ2n) is 4.98. The summed E-state index contributed by atoms with van der Waals surface area (Å²) >= 11 is 0. The van der Waals surface area contributed by atoms with Crippen molar-refractivity contribution < 1.29 is 0 Å². The van der Waals surface area contributed by atoms with Gasteiger partial charge in [0.2, 0.25) is 0 Å². The van der Waals surface area contributed by atoms with Gasteiger partial charge in [-0.1, -0.05) is 30.3 Å². The van der Waals surface area contributed by atoms with E-state index in [-0.39, 0.29) is 0 Å². The minimum atomic E-state index is 0.561. The van der Waals surface area contributed by atoms with E-state index in [4.69, 9.17) is 0 Å². The molecular formula is C14H22N2. The molecule has 2 atom stereocenters. The monoisotopic (exact) mass is 218 g/mol. The first kappa shape index (κ1) is 11.6. The molecule has 2 unspecified atom stereocenters. The van der Waals surface area contributed by atoms with E-state index in [1.807, 2.05) is 0 Å². The summed E-state index contributed by atoms with van der Waals surface area (Å²) in [5.41, 5.74) is 1.44. The lowest BCUT2D eigenvalue weighted by molar-refractivity contribution is 0.253. The predicted molar refractivity (Wildman–Crippen MR) is 68.5 cm³/mol. The molecule has 1 N–H and O–H groups in total. The summed E-state index contributed by atoms with van der Waals surface area (Å²) in [7, 11) is 4.36. The fourth-order valence-corrected chi connectivity index (χ4v) is 2.55. The van der Waals surface area contributed by atoms with E-state index in [9.17, 15) is 0 Å². The van der Waals surface area contributed by atoms with Crippen molar-refractivity contribution in [3.8, 4) is 0 Å². The first-order valence-electron chi connectivity index (χ1n) is 6.19. The van der Waals surface area contributed by atoms with Gasteiger partial charge in [0.15, 0.2) is 0 Å². The van der Waals surface area contributed by atoms with E-state index in [2.05, 4.69) is 54.6 Å². The van der Waals surface area contributed by atoms with Crippen LogP contribution in [0.15, 0.2) is 30.3 Å². The third-order valence-electron chi connectivity index (χ3n) is 3.53. The van der Waals surface area contributed by atoms with Crippen molar-refractivity contribution in [2.24, 2.45) is 5.92 Å². The Hall–Kier alpha value is -0.860. The summed E-state index contributed by atoms with van der Waals surface area (Å²) in [4.78, 5) is 2.34. The first-order valence-corrected chi connectivity index (χ1v) is 6.19. The Morgan fingerprint density at radius 3 is 2.62 bits per heavy atom. The van der Waals surface area contributed by atoms with Gasteiger partial charge in [0.1, 0.15) is 0 Å². The number of hydrogen-bond acceptors (Lipinski definition) is 2. The Labute approximate surface area is 98.7 Å². The Bertz CT molecular complexity index is 302. The van der Waals surface area contributed by atoms with Crippen LogP contribution in [-0.4, -0.2) is 32.1 Å². The van der Waals surface area contributed by atoms with Crippen LogP contribution < -0.4 is 5.32 Å². The van der Waals surface area contributed by atoms with Crippen LogP contribution in [0.1, 0.15) is 24.4 Å². The highest BCUT2D eigenvalue weighted by atomic mass is 15.1. The van der Waals surface area contributed by atoms with Gasteiger partial charge in [0, 0.05) is 6.04 Å². The summed E-state index contributed by atoms with van der Waals surface area (Å²) < 4.78 is 0. The van der Waals surface area contributed by atoms with E-state index >= 15 is 0 Å². The van der Waals surface area contributed by atoms with E-state index in [1.165, 1.54) is 31.5 Å². The molecule has 0 saturated carbocycles. The molecule has 0 aromatic heterocycles. The molecule has 1 aliphatic rings. The predicted octanol–water partition coefficient (Wildman–Crippen LogP) is 2.29. The maximum absolute atomic E-state index is 3.45. The van der Waals surface area contributed by atoms with Gasteiger partial charge in [0.05, 0.1) is 0 Å². The molecule has 0 aliphatic carbocycles. The Morgan fingerprint density at radius 1 is 1.31 bits per heavy atom. The standard InChI is InChI=1S/C14H22N2/c1-16(2)14(10-12-8-9-15-11-12)13-6-4-3-5-7-13/h3-7,12,14-15H,8-11H2,1-2H3. The van der Waals surface area contributed by atoms with E-state index in [0.29, 0.717) is 6.04 Å². The summed E-state index contributed by atoms with van der Waals surface area (Å²) in [5, 5.41) is 3.45. The van der Waals surface area contributed by atoms with Crippen LogP contribution in [-0.2, 0) is 0 Å². The molecule has 16 heavy (non-hydrogen) atoms. The van der Waals surface area contributed by atoms with Gasteiger partial charge in [-0.15, -0.1) is 0 Å². The Kier molecular flexibility index (Phi) is 3.97. The smallest absolute Gasteiger partial charge is 0.0345 e. The van der Waals surface area contributed by atoms with Crippen molar-refractivity contribution in [2.45, 2.75) is 18.9 Å². The van der Waals surface area contributed by atoms with E-state index < -0.39 is 0 Å². The number of benzene rings is 1. The summed E-state index contributed by atoms with van der Waals surface area (Å²) in [5.74, 6) is 0.840. The lowest BCUT2D eigenvalue weighted by Crippen LogP contribution is -2.23. The first-order chi connectivity index (χ1) is 7.77. The zero-order valence-corrected chi connectivity index (χ0v) is 10.3. The lowest BCUT2D eigenvalue weighted by Gasteiger charge is -2.27. The van der Waals surface area contributed by atoms with Crippen molar-refractivity contribution in [3.63, 3.8) is 0 Å². The minimum Gasteiger partial charge on any atom is -0.316 e. The van der Waals surface area contributed by atoms with Crippen LogP contribution >= 0.6 is 0 Å². The van der Waals surface area contributed by atoms with Crippen LogP contribution in [0.3, 0.4) is 0 Å². The van der Waals surface area contributed by atoms with Crippen molar-refractivity contribution in [3.05, 3.63) is 35.9 Å². The van der Waals surface area contributed by atoms with Crippen molar-refractivity contribution >= 4 is 0 Å².